The van der Waals surface area contributed by atoms with Gasteiger partial charge < -0.3 is 15.4 Å². The van der Waals surface area contributed by atoms with Crippen molar-refractivity contribution >= 4 is 11.6 Å². The van der Waals surface area contributed by atoms with Crippen molar-refractivity contribution in [2.45, 2.75) is 40.2 Å². The van der Waals surface area contributed by atoms with E-state index in [9.17, 15) is 4.79 Å². The molecular formula is C16H26N2O2. The van der Waals surface area contributed by atoms with Crippen LogP contribution in [0.2, 0.25) is 0 Å². The molecule has 112 valence electrons. The summed E-state index contributed by atoms with van der Waals surface area (Å²) >= 11 is 0. The van der Waals surface area contributed by atoms with Crippen molar-refractivity contribution in [2.24, 2.45) is 0 Å². The fourth-order valence-corrected chi connectivity index (χ4v) is 1.94. The highest BCUT2D eigenvalue weighted by Gasteiger charge is 2.12. The fraction of sp³-hybridized carbons (Fsp3) is 0.562. The van der Waals surface area contributed by atoms with Crippen LogP contribution in [0.1, 0.15) is 43.1 Å². The molecule has 0 spiro atoms. The molecule has 0 aliphatic rings. The van der Waals surface area contributed by atoms with Gasteiger partial charge in [0.25, 0.3) is 5.91 Å². The molecule has 0 radical (unpaired) electrons. The number of hydrogen-bond donors (Lipinski definition) is 2. The lowest BCUT2D eigenvalue weighted by molar-refractivity contribution is 0.0871. The Morgan fingerprint density at radius 1 is 1.35 bits per heavy atom. The molecule has 0 aromatic heterocycles. The van der Waals surface area contributed by atoms with E-state index in [0.29, 0.717) is 13.2 Å². The summed E-state index contributed by atoms with van der Waals surface area (Å²) in [6, 6.07) is 5.85. The molecule has 2 N–H and O–H groups in total. The van der Waals surface area contributed by atoms with Crippen LogP contribution < -0.4 is 10.6 Å². The zero-order valence-electron chi connectivity index (χ0n) is 13.0. The van der Waals surface area contributed by atoms with Crippen molar-refractivity contribution in [3.8, 4) is 0 Å². The van der Waals surface area contributed by atoms with Crippen molar-refractivity contribution in [1.82, 2.24) is 5.32 Å². The smallest absolute Gasteiger partial charge is 0.251 e. The van der Waals surface area contributed by atoms with Gasteiger partial charge in [0.05, 0.1) is 6.61 Å². The Bertz CT molecular complexity index is 432. The minimum Gasteiger partial charge on any atom is -0.385 e. The molecule has 1 aromatic rings. The summed E-state index contributed by atoms with van der Waals surface area (Å²) in [6.07, 6.45) is 1.08. The Kier molecular flexibility index (Phi) is 7.09. The third kappa shape index (κ3) is 5.21. The van der Waals surface area contributed by atoms with Crippen molar-refractivity contribution in [3.63, 3.8) is 0 Å². The number of carbonyl (C=O) groups is 1. The second-order valence-electron chi connectivity index (χ2n) is 4.99. The molecule has 0 fully saturated rings. The molecular weight excluding hydrogens is 252 g/mol. The minimum atomic E-state index is -0.0447. The van der Waals surface area contributed by atoms with Crippen molar-refractivity contribution < 1.29 is 9.53 Å². The Morgan fingerprint density at radius 2 is 2.10 bits per heavy atom. The quantitative estimate of drug-likeness (QED) is 0.768. The summed E-state index contributed by atoms with van der Waals surface area (Å²) in [6.45, 7) is 10.1. The largest absolute Gasteiger partial charge is 0.385 e. The van der Waals surface area contributed by atoms with Crippen LogP contribution in [0.3, 0.4) is 0 Å². The molecule has 4 nitrogen and oxygen atoms in total. The van der Waals surface area contributed by atoms with Gasteiger partial charge in [-0.2, -0.15) is 0 Å². The Morgan fingerprint density at radius 3 is 2.70 bits per heavy atom. The van der Waals surface area contributed by atoms with E-state index >= 15 is 0 Å². The number of aryl methyl sites for hydroxylation is 1. The van der Waals surface area contributed by atoms with Crippen LogP contribution in [0, 0.1) is 6.92 Å². The van der Waals surface area contributed by atoms with Gasteiger partial charge in [0.15, 0.2) is 0 Å². The van der Waals surface area contributed by atoms with Crippen LogP contribution in [-0.4, -0.2) is 31.7 Å². The number of rotatable bonds is 8. The molecule has 20 heavy (non-hydrogen) atoms. The zero-order valence-corrected chi connectivity index (χ0v) is 13.0. The molecule has 4 heteroatoms. The molecule has 0 bridgehead atoms. The number of carbonyl (C=O) groups excluding carboxylic acids is 1. The lowest BCUT2D eigenvalue weighted by Crippen LogP contribution is -2.36. The lowest BCUT2D eigenvalue weighted by atomic mass is 10.1. The van der Waals surface area contributed by atoms with E-state index in [-0.39, 0.29) is 11.9 Å². The highest BCUT2D eigenvalue weighted by molar-refractivity contribution is 5.96. The van der Waals surface area contributed by atoms with Gasteiger partial charge in [-0.15, -0.1) is 0 Å². The second-order valence-corrected chi connectivity index (χ2v) is 4.99. The van der Waals surface area contributed by atoms with E-state index in [1.54, 1.807) is 0 Å². The average Bonchev–Trinajstić information content (AvgIpc) is 2.42. The predicted octanol–water partition coefficient (Wildman–Crippen LogP) is 2.97. The molecule has 1 rings (SSSR count). The minimum absolute atomic E-state index is 0.0137. The fourth-order valence-electron chi connectivity index (χ4n) is 1.94. The maximum absolute atomic E-state index is 12.2. The first-order valence-corrected chi connectivity index (χ1v) is 7.31. The van der Waals surface area contributed by atoms with Crippen molar-refractivity contribution in [3.05, 3.63) is 29.3 Å². The summed E-state index contributed by atoms with van der Waals surface area (Å²) in [4.78, 5) is 12.2. The monoisotopic (exact) mass is 278 g/mol. The molecule has 0 saturated heterocycles. The third-order valence-corrected chi connectivity index (χ3v) is 3.00. The summed E-state index contributed by atoms with van der Waals surface area (Å²) < 4.78 is 5.30. The molecule has 1 atom stereocenters. The van der Waals surface area contributed by atoms with Gasteiger partial charge in [-0.25, -0.2) is 0 Å². The number of benzene rings is 1. The van der Waals surface area contributed by atoms with Crippen molar-refractivity contribution in [2.75, 3.05) is 25.1 Å². The van der Waals surface area contributed by atoms with Gasteiger partial charge in [0.1, 0.15) is 0 Å². The number of hydrogen-bond acceptors (Lipinski definition) is 3. The predicted molar refractivity (Wildman–Crippen MR) is 83.4 cm³/mol. The Labute approximate surface area is 121 Å². The first-order chi connectivity index (χ1) is 9.58. The number of anilines is 1. The van der Waals surface area contributed by atoms with Crippen LogP contribution in [-0.2, 0) is 4.74 Å². The normalized spacial score (nSPS) is 12.0. The second kappa shape index (κ2) is 8.59. The average molecular weight is 278 g/mol. The lowest BCUT2D eigenvalue weighted by Gasteiger charge is -2.15. The van der Waals surface area contributed by atoms with Crippen molar-refractivity contribution in [1.29, 1.82) is 0 Å². The van der Waals surface area contributed by atoms with Crippen LogP contribution in [0.5, 0.6) is 0 Å². The van der Waals surface area contributed by atoms with Gasteiger partial charge in [0, 0.05) is 30.4 Å². The highest BCUT2D eigenvalue weighted by Crippen LogP contribution is 2.15. The first kappa shape index (κ1) is 16.5. The summed E-state index contributed by atoms with van der Waals surface area (Å²) in [5.41, 5.74) is 2.76. The molecule has 1 amide bonds. The summed E-state index contributed by atoms with van der Waals surface area (Å²) in [5, 5.41) is 6.27. The van der Waals surface area contributed by atoms with E-state index in [2.05, 4.69) is 17.6 Å². The number of ether oxygens (including phenoxy) is 1. The SMILES string of the molecule is CCCNc1ccc(C(=O)NC(C)COCC)c(C)c1. The summed E-state index contributed by atoms with van der Waals surface area (Å²) in [7, 11) is 0. The molecule has 0 aliphatic carbocycles. The number of nitrogens with one attached hydrogen (secondary N) is 2. The van der Waals surface area contributed by atoms with Crippen LogP contribution in [0.15, 0.2) is 18.2 Å². The standard InChI is InChI=1S/C16H26N2O2/c1-5-9-17-14-7-8-15(12(3)10-14)16(19)18-13(4)11-20-6-2/h7-8,10,13,17H,5-6,9,11H2,1-4H3,(H,18,19). The Balaban J connectivity index is 2.64. The molecule has 1 unspecified atom stereocenters. The number of amides is 1. The van der Waals surface area contributed by atoms with Crippen LogP contribution in [0.25, 0.3) is 0 Å². The van der Waals surface area contributed by atoms with Crippen LogP contribution in [0.4, 0.5) is 5.69 Å². The maximum Gasteiger partial charge on any atom is 0.251 e. The Hall–Kier alpha value is -1.55. The van der Waals surface area contributed by atoms with Gasteiger partial charge >= 0.3 is 0 Å². The molecule has 0 aliphatic heterocycles. The van der Waals surface area contributed by atoms with E-state index < -0.39 is 0 Å². The maximum atomic E-state index is 12.2. The van der Waals surface area contributed by atoms with E-state index in [1.807, 2.05) is 39.0 Å². The van der Waals surface area contributed by atoms with E-state index in [0.717, 1.165) is 29.8 Å². The van der Waals surface area contributed by atoms with E-state index in [1.165, 1.54) is 0 Å². The highest BCUT2D eigenvalue weighted by atomic mass is 16.5. The van der Waals surface area contributed by atoms with Gasteiger partial charge in [-0.3, -0.25) is 4.79 Å². The van der Waals surface area contributed by atoms with E-state index in [4.69, 9.17) is 4.74 Å². The topological polar surface area (TPSA) is 50.4 Å². The van der Waals surface area contributed by atoms with Gasteiger partial charge in [-0.05, 0) is 51.0 Å². The first-order valence-electron chi connectivity index (χ1n) is 7.31. The van der Waals surface area contributed by atoms with Gasteiger partial charge in [0.2, 0.25) is 0 Å². The molecule has 0 heterocycles. The summed E-state index contributed by atoms with van der Waals surface area (Å²) in [5.74, 6) is -0.0447. The third-order valence-electron chi connectivity index (χ3n) is 3.00. The molecule has 0 saturated carbocycles. The molecule has 1 aromatic carbocycles. The zero-order chi connectivity index (χ0) is 15.0. The van der Waals surface area contributed by atoms with Gasteiger partial charge in [-0.1, -0.05) is 6.92 Å². The van der Waals surface area contributed by atoms with Crippen LogP contribution >= 0.6 is 0 Å².